The van der Waals surface area contributed by atoms with Crippen molar-refractivity contribution in [2.24, 2.45) is 4.99 Å². The predicted octanol–water partition coefficient (Wildman–Crippen LogP) is 5.17. The van der Waals surface area contributed by atoms with Crippen molar-refractivity contribution in [2.45, 2.75) is 19.4 Å². The Bertz CT molecular complexity index is 854. The van der Waals surface area contributed by atoms with Gasteiger partial charge in [-0.1, -0.05) is 35.9 Å². The van der Waals surface area contributed by atoms with Crippen LogP contribution in [0.25, 0.3) is 0 Å². The maximum Gasteiger partial charge on any atom is 0.0886 e. The quantitative estimate of drug-likeness (QED) is 0.777. The number of nitrogens with zero attached hydrogens (tertiary/aromatic N) is 2. The molecule has 4 heteroatoms. The zero-order valence-electron chi connectivity index (χ0n) is 13.9. The van der Waals surface area contributed by atoms with Gasteiger partial charge in [0.25, 0.3) is 0 Å². The van der Waals surface area contributed by atoms with Crippen LogP contribution in [0.2, 0.25) is 5.02 Å². The van der Waals surface area contributed by atoms with Crippen molar-refractivity contribution in [1.82, 2.24) is 4.90 Å². The summed E-state index contributed by atoms with van der Waals surface area (Å²) in [6, 6.07) is 14.6. The Balaban J connectivity index is 1.91. The number of likely N-dealkylation sites (N-methyl/N-ethyl adjacent to an activating group) is 1. The summed E-state index contributed by atoms with van der Waals surface area (Å²) < 4.78 is 0. The zero-order chi connectivity index (χ0) is 16.7. The Labute approximate surface area is 147 Å². The van der Waals surface area contributed by atoms with Gasteiger partial charge in [-0.05, 0) is 50.2 Å². The first-order valence-electron chi connectivity index (χ1n) is 8.28. The highest BCUT2D eigenvalue weighted by Crippen LogP contribution is 2.37. The Kier molecular flexibility index (Phi) is 3.91. The molecule has 4 rings (SSSR count). The number of fused-ring (bicyclic) bond motifs is 2. The van der Waals surface area contributed by atoms with Crippen LogP contribution in [0.3, 0.4) is 0 Å². The summed E-state index contributed by atoms with van der Waals surface area (Å²) in [5.74, 6) is 0. The Morgan fingerprint density at radius 3 is 2.83 bits per heavy atom. The average molecular weight is 338 g/mol. The van der Waals surface area contributed by atoms with Gasteiger partial charge in [-0.3, -0.25) is 4.90 Å². The summed E-state index contributed by atoms with van der Waals surface area (Å²) in [7, 11) is 2.16. The molecule has 3 nitrogen and oxygen atoms in total. The molecule has 2 heterocycles. The fraction of sp³-hybridized carbons (Fsp3) is 0.250. The maximum absolute atomic E-state index is 6.20. The standard InChI is InChI=1S/C20H20ClN3/c1-13-11-14(9-10-24(13)2)20-16-5-3-4-6-17(16)22-18-8-7-15(21)12-19(18)23-20/h3-8,11-13,22H,9-10H2,1-2H3/t13-/m1/s1. The first kappa shape index (κ1) is 15.4. The van der Waals surface area contributed by atoms with Crippen LogP contribution in [0.4, 0.5) is 17.1 Å². The van der Waals surface area contributed by atoms with Crippen LogP contribution in [-0.2, 0) is 0 Å². The van der Waals surface area contributed by atoms with Crippen LogP contribution in [0.15, 0.2) is 59.1 Å². The third-order valence-corrected chi connectivity index (χ3v) is 5.05. The molecule has 2 aliphatic rings. The molecule has 0 bridgehead atoms. The third-order valence-electron chi connectivity index (χ3n) is 4.82. The van der Waals surface area contributed by atoms with Crippen molar-refractivity contribution in [3.05, 3.63) is 64.7 Å². The molecule has 1 atom stereocenters. The van der Waals surface area contributed by atoms with E-state index in [0.29, 0.717) is 11.1 Å². The van der Waals surface area contributed by atoms with Gasteiger partial charge in [-0.25, -0.2) is 4.99 Å². The molecule has 0 aromatic heterocycles. The van der Waals surface area contributed by atoms with E-state index in [4.69, 9.17) is 16.6 Å². The molecule has 0 aliphatic carbocycles. The highest BCUT2D eigenvalue weighted by atomic mass is 35.5. The van der Waals surface area contributed by atoms with E-state index in [-0.39, 0.29) is 0 Å². The SMILES string of the molecule is C[C@@H]1C=C(C2=Nc3cc(Cl)ccc3Nc3ccccc32)CCN1C. The van der Waals surface area contributed by atoms with Gasteiger partial charge < -0.3 is 5.32 Å². The predicted molar refractivity (Wildman–Crippen MR) is 102 cm³/mol. The number of anilines is 2. The second-order valence-electron chi connectivity index (χ2n) is 6.46. The van der Waals surface area contributed by atoms with Gasteiger partial charge in [0.1, 0.15) is 0 Å². The van der Waals surface area contributed by atoms with Crippen LogP contribution < -0.4 is 5.32 Å². The molecule has 122 valence electrons. The molecule has 24 heavy (non-hydrogen) atoms. The highest BCUT2D eigenvalue weighted by Gasteiger charge is 2.23. The second kappa shape index (κ2) is 6.08. The summed E-state index contributed by atoms with van der Waals surface area (Å²) in [4.78, 5) is 7.36. The monoisotopic (exact) mass is 337 g/mol. The van der Waals surface area contributed by atoms with E-state index < -0.39 is 0 Å². The van der Waals surface area contributed by atoms with Gasteiger partial charge >= 0.3 is 0 Å². The summed E-state index contributed by atoms with van der Waals surface area (Å²) in [5.41, 5.74) is 6.48. The van der Waals surface area contributed by atoms with Crippen LogP contribution in [0.1, 0.15) is 18.9 Å². The van der Waals surface area contributed by atoms with Gasteiger partial charge in [0.05, 0.1) is 17.1 Å². The lowest BCUT2D eigenvalue weighted by Crippen LogP contribution is -2.33. The van der Waals surface area contributed by atoms with Gasteiger partial charge in [0, 0.05) is 28.9 Å². The Morgan fingerprint density at radius 1 is 1.17 bits per heavy atom. The summed E-state index contributed by atoms with van der Waals surface area (Å²) in [5, 5.41) is 4.21. The normalized spacial score (nSPS) is 20.2. The average Bonchev–Trinajstić information content (AvgIpc) is 2.74. The van der Waals surface area contributed by atoms with E-state index in [1.54, 1.807) is 0 Å². The van der Waals surface area contributed by atoms with Gasteiger partial charge in [-0.15, -0.1) is 0 Å². The number of halogens is 1. The number of hydrogen-bond donors (Lipinski definition) is 1. The lowest BCUT2D eigenvalue weighted by Gasteiger charge is -2.29. The number of rotatable bonds is 1. The summed E-state index contributed by atoms with van der Waals surface area (Å²) >= 11 is 6.20. The van der Waals surface area contributed by atoms with Crippen molar-refractivity contribution in [1.29, 1.82) is 0 Å². The molecule has 0 saturated heterocycles. The van der Waals surface area contributed by atoms with Gasteiger partial charge in [0.15, 0.2) is 0 Å². The van der Waals surface area contributed by atoms with Crippen molar-refractivity contribution >= 4 is 34.4 Å². The Hall–Kier alpha value is -2.10. The topological polar surface area (TPSA) is 27.6 Å². The minimum Gasteiger partial charge on any atom is -0.353 e. The molecular weight excluding hydrogens is 318 g/mol. The molecule has 0 saturated carbocycles. The van der Waals surface area contributed by atoms with Gasteiger partial charge in [0.2, 0.25) is 0 Å². The summed E-state index contributed by atoms with van der Waals surface area (Å²) in [6.45, 7) is 3.27. The van der Waals surface area contributed by atoms with E-state index in [1.807, 2.05) is 18.2 Å². The molecule has 0 amide bonds. The van der Waals surface area contributed by atoms with E-state index in [9.17, 15) is 0 Å². The molecule has 2 aromatic carbocycles. The van der Waals surface area contributed by atoms with E-state index in [1.165, 1.54) is 5.57 Å². The van der Waals surface area contributed by atoms with Crippen molar-refractivity contribution in [2.75, 3.05) is 18.9 Å². The first-order valence-corrected chi connectivity index (χ1v) is 8.65. The summed E-state index contributed by atoms with van der Waals surface area (Å²) in [6.07, 6.45) is 3.33. The molecule has 2 aliphatic heterocycles. The van der Waals surface area contributed by atoms with E-state index >= 15 is 0 Å². The molecule has 2 aromatic rings. The molecular formula is C20H20ClN3. The minimum absolute atomic E-state index is 0.415. The number of hydrogen-bond acceptors (Lipinski definition) is 3. The molecule has 0 radical (unpaired) electrons. The number of benzene rings is 2. The van der Waals surface area contributed by atoms with E-state index in [0.717, 1.165) is 41.3 Å². The van der Waals surface area contributed by atoms with Crippen molar-refractivity contribution < 1.29 is 0 Å². The van der Waals surface area contributed by atoms with Crippen LogP contribution in [-0.4, -0.2) is 30.2 Å². The zero-order valence-corrected chi connectivity index (χ0v) is 14.6. The van der Waals surface area contributed by atoms with Gasteiger partial charge in [-0.2, -0.15) is 0 Å². The second-order valence-corrected chi connectivity index (χ2v) is 6.89. The van der Waals surface area contributed by atoms with E-state index in [2.05, 4.69) is 54.5 Å². The van der Waals surface area contributed by atoms with Crippen molar-refractivity contribution in [3.63, 3.8) is 0 Å². The lowest BCUT2D eigenvalue weighted by atomic mass is 9.94. The Morgan fingerprint density at radius 2 is 2.00 bits per heavy atom. The van der Waals surface area contributed by atoms with Crippen LogP contribution in [0.5, 0.6) is 0 Å². The van der Waals surface area contributed by atoms with Crippen molar-refractivity contribution in [3.8, 4) is 0 Å². The van der Waals surface area contributed by atoms with Crippen LogP contribution in [0, 0.1) is 0 Å². The number of para-hydroxylation sites is 1. The molecule has 0 spiro atoms. The third kappa shape index (κ3) is 2.74. The fourth-order valence-corrected chi connectivity index (χ4v) is 3.44. The smallest absolute Gasteiger partial charge is 0.0886 e. The van der Waals surface area contributed by atoms with Crippen LogP contribution >= 0.6 is 11.6 Å². The highest BCUT2D eigenvalue weighted by molar-refractivity contribution is 6.31. The molecule has 0 unspecified atom stereocenters. The fourth-order valence-electron chi connectivity index (χ4n) is 3.27. The number of nitrogens with one attached hydrogen (secondary N) is 1. The molecule has 1 N–H and O–H groups in total. The minimum atomic E-state index is 0.415. The molecule has 0 fully saturated rings. The lowest BCUT2D eigenvalue weighted by molar-refractivity contribution is 0.288. The number of aliphatic imine (C=N–C) groups is 1. The first-order chi connectivity index (χ1) is 11.6. The largest absolute Gasteiger partial charge is 0.353 e. The maximum atomic E-state index is 6.20.